The third-order valence-corrected chi connectivity index (χ3v) is 0.931. The van der Waals surface area contributed by atoms with Crippen LogP contribution >= 0.6 is 0 Å². The number of nitrogens with zero attached hydrogens (tertiary/aromatic N) is 1. The smallest absolute Gasteiger partial charge is 0.121 e. The van der Waals surface area contributed by atoms with Crippen molar-refractivity contribution < 1.29 is 4.74 Å². The zero-order valence-electron chi connectivity index (χ0n) is 6.01. The predicted molar refractivity (Wildman–Crippen MR) is 38.3 cm³/mol. The maximum absolute atomic E-state index is 5.34. The molecule has 0 rings (SSSR count). The van der Waals surface area contributed by atoms with Crippen molar-refractivity contribution in [3.05, 3.63) is 11.8 Å². The number of hydrogen-bond acceptors (Lipinski definition) is 2. The van der Waals surface area contributed by atoms with Crippen LogP contribution < -0.4 is 5.73 Å². The second kappa shape index (κ2) is 3.95. The van der Waals surface area contributed by atoms with E-state index in [1.54, 1.807) is 20.2 Å². The molecule has 0 saturated heterocycles. The second-order valence-corrected chi connectivity index (χ2v) is 1.61. The van der Waals surface area contributed by atoms with Gasteiger partial charge in [-0.3, -0.25) is 4.99 Å². The average molecular weight is 128 g/mol. The topological polar surface area (TPSA) is 47.6 Å². The summed E-state index contributed by atoms with van der Waals surface area (Å²) in [5.41, 5.74) is 5.34. The van der Waals surface area contributed by atoms with Crippen LogP contribution in [-0.2, 0) is 4.74 Å². The van der Waals surface area contributed by atoms with Crippen LogP contribution in [0.4, 0.5) is 0 Å². The number of methoxy groups -OCH3 is 1. The summed E-state index contributed by atoms with van der Waals surface area (Å²) in [4.78, 5) is 3.71. The summed E-state index contributed by atoms with van der Waals surface area (Å²) in [6.07, 6.45) is 1.67. The van der Waals surface area contributed by atoms with E-state index in [0.29, 0.717) is 5.84 Å². The lowest BCUT2D eigenvalue weighted by Gasteiger charge is -1.96. The van der Waals surface area contributed by atoms with E-state index in [0.717, 1.165) is 5.76 Å². The summed E-state index contributed by atoms with van der Waals surface area (Å²) < 4.78 is 4.82. The predicted octanol–water partition coefficient (Wildman–Crippen LogP) is 0.524. The van der Waals surface area contributed by atoms with Crippen LogP contribution in [-0.4, -0.2) is 20.0 Å². The number of nitrogens with two attached hydrogens (primary N) is 1. The molecular weight excluding hydrogens is 116 g/mol. The molecule has 0 unspecified atom stereocenters. The Morgan fingerprint density at radius 3 is 2.56 bits per heavy atom. The van der Waals surface area contributed by atoms with Crippen molar-refractivity contribution in [2.24, 2.45) is 10.7 Å². The minimum absolute atomic E-state index is 0.481. The molecule has 0 amide bonds. The van der Waals surface area contributed by atoms with E-state index in [9.17, 15) is 0 Å². The van der Waals surface area contributed by atoms with Crippen molar-refractivity contribution in [2.75, 3.05) is 14.2 Å². The fourth-order valence-electron chi connectivity index (χ4n) is 0.332. The van der Waals surface area contributed by atoms with Gasteiger partial charge in [0.25, 0.3) is 0 Å². The Hall–Kier alpha value is -0.990. The number of ether oxygens (including phenoxy) is 1. The van der Waals surface area contributed by atoms with Gasteiger partial charge in [-0.2, -0.15) is 0 Å². The van der Waals surface area contributed by atoms with Crippen LogP contribution in [0.1, 0.15) is 6.92 Å². The highest BCUT2D eigenvalue weighted by Gasteiger charge is 1.85. The summed E-state index contributed by atoms with van der Waals surface area (Å²) in [5, 5.41) is 0. The van der Waals surface area contributed by atoms with Crippen molar-refractivity contribution >= 4 is 5.84 Å². The van der Waals surface area contributed by atoms with Crippen LogP contribution in [0, 0.1) is 0 Å². The maximum Gasteiger partial charge on any atom is 0.121 e. The molecule has 2 N–H and O–H groups in total. The van der Waals surface area contributed by atoms with Gasteiger partial charge >= 0.3 is 0 Å². The molecule has 0 saturated carbocycles. The Labute approximate surface area is 55.2 Å². The van der Waals surface area contributed by atoms with Crippen LogP contribution in [0.25, 0.3) is 0 Å². The first-order chi connectivity index (χ1) is 4.20. The van der Waals surface area contributed by atoms with Gasteiger partial charge < -0.3 is 10.5 Å². The molecule has 9 heavy (non-hydrogen) atoms. The lowest BCUT2D eigenvalue weighted by atomic mass is 10.4. The van der Waals surface area contributed by atoms with Gasteiger partial charge in [0.1, 0.15) is 5.84 Å². The number of allylic oxidation sites excluding steroid dienone is 1. The molecule has 0 aliphatic carbocycles. The average Bonchev–Trinajstić information content (AvgIpc) is 1.87. The van der Waals surface area contributed by atoms with Gasteiger partial charge in [-0.1, -0.05) is 0 Å². The minimum Gasteiger partial charge on any atom is -0.501 e. The molecule has 0 aliphatic heterocycles. The monoisotopic (exact) mass is 128 g/mol. The molecule has 0 radical (unpaired) electrons. The molecule has 0 spiro atoms. The van der Waals surface area contributed by atoms with Crippen LogP contribution in [0.3, 0.4) is 0 Å². The van der Waals surface area contributed by atoms with Crippen LogP contribution in [0.5, 0.6) is 0 Å². The quantitative estimate of drug-likeness (QED) is 0.335. The summed E-state index contributed by atoms with van der Waals surface area (Å²) in [7, 11) is 3.23. The number of aliphatic imine (C=N–C) groups is 1. The molecule has 0 heterocycles. The number of rotatable bonds is 2. The zero-order valence-corrected chi connectivity index (χ0v) is 6.01. The number of hydrogen-bond donors (Lipinski definition) is 1. The van der Waals surface area contributed by atoms with Crippen molar-refractivity contribution in [3.63, 3.8) is 0 Å². The standard InChI is InChI=1S/C6H12N2O/c1-5(9-3)4-6(7)8-2/h4H,1-3H3,(H2,7,8)/b5-4+. The van der Waals surface area contributed by atoms with E-state index in [4.69, 9.17) is 10.5 Å². The Morgan fingerprint density at radius 2 is 2.22 bits per heavy atom. The van der Waals surface area contributed by atoms with E-state index in [1.165, 1.54) is 0 Å². The number of amidine groups is 1. The normalized spacial score (nSPS) is 13.7. The molecule has 3 nitrogen and oxygen atoms in total. The third kappa shape index (κ3) is 3.58. The van der Waals surface area contributed by atoms with E-state index in [2.05, 4.69) is 4.99 Å². The first-order valence-electron chi connectivity index (χ1n) is 2.65. The van der Waals surface area contributed by atoms with E-state index >= 15 is 0 Å². The van der Waals surface area contributed by atoms with Gasteiger partial charge in [0.15, 0.2) is 0 Å². The highest BCUT2D eigenvalue weighted by molar-refractivity contribution is 5.91. The lowest BCUT2D eigenvalue weighted by Crippen LogP contribution is -2.08. The first kappa shape index (κ1) is 8.01. The first-order valence-corrected chi connectivity index (χ1v) is 2.65. The van der Waals surface area contributed by atoms with E-state index < -0.39 is 0 Å². The molecule has 3 heteroatoms. The lowest BCUT2D eigenvalue weighted by molar-refractivity contribution is 0.294. The van der Waals surface area contributed by atoms with Gasteiger partial charge in [-0.15, -0.1) is 0 Å². The van der Waals surface area contributed by atoms with Gasteiger partial charge in [0, 0.05) is 13.1 Å². The molecule has 52 valence electrons. The molecule has 0 atom stereocenters. The van der Waals surface area contributed by atoms with Gasteiger partial charge in [0.2, 0.25) is 0 Å². The fourth-order valence-corrected chi connectivity index (χ4v) is 0.332. The molecule has 0 aromatic rings. The van der Waals surface area contributed by atoms with Crippen molar-refractivity contribution in [2.45, 2.75) is 6.92 Å². The minimum atomic E-state index is 0.481. The molecular formula is C6H12N2O. The SMILES string of the molecule is CN=C(N)/C=C(\C)OC. The summed E-state index contributed by atoms with van der Waals surface area (Å²) >= 11 is 0. The van der Waals surface area contributed by atoms with Crippen molar-refractivity contribution in [1.29, 1.82) is 0 Å². The fraction of sp³-hybridized carbons (Fsp3) is 0.500. The Morgan fingerprint density at radius 1 is 1.67 bits per heavy atom. The molecule has 0 aromatic carbocycles. The Balaban J connectivity index is 3.95. The summed E-state index contributed by atoms with van der Waals surface area (Å²) in [5.74, 6) is 1.24. The Kier molecular flexibility index (Phi) is 3.51. The molecule has 0 aromatic heterocycles. The van der Waals surface area contributed by atoms with E-state index in [-0.39, 0.29) is 0 Å². The molecule has 0 aliphatic rings. The molecule has 0 bridgehead atoms. The van der Waals surface area contributed by atoms with Crippen LogP contribution in [0.2, 0.25) is 0 Å². The second-order valence-electron chi connectivity index (χ2n) is 1.61. The van der Waals surface area contributed by atoms with Crippen molar-refractivity contribution in [3.8, 4) is 0 Å². The van der Waals surface area contributed by atoms with Gasteiger partial charge in [-0.25, -0.2) is 0 Å². The highest BCUT2D eigenvalue weighted by atomic mass is 16.5. The largest absolute Gasteiger partial charge is 0.501 e. The Bertz CT molecular complexity index is 138. The van der Waals surface area contributed by atoms with Crippen molar-refractivity contribution in [1.82, 2.24) is 0 Å². The molecule has 0 fully saturated rings. The van der Waals surface area contributed by atoms with Gasteiger partial charge in [0.05, 0.1) is 12.9 Å². The third-order valence-electron chi connectivity index (χ3n) is 0.931. The zero-order chi connectivity index (χ0) is 7.28. The summed E-state index contributed by atoms with van der Waals surface area (Å²) in [6.45, 7) is 1.82. The highest BCUT2D eigenvalue weighted by Crippen LogP contribution is 1.89. The van der Waals surface area contributed by atoms with Crippen LogP contribution in [0.15, 0.2) is 16.8 Å². The van der Waals surface area contributed by atoms with Gasteiger partial charge in [-0.05, 0) is 6.92 Å². The summed E-state index contributed by atoms with van der Waals surface area (Å²) in [6, 6.07) is 0. The maximum atomic E-state index is 5.34. The van der Waals surface area contributed by atoms with E-state index in [1.807, 2.05) is 6.92 Å².